The zero-order valence-electron chi connectivity index (χ0n) is 6.26. The van der Waals surface area contributed by atoms with Gasteiger partial charge < -0.3 is 4.98 Å². The highest BCUT2D eigenvalue weighted by Crippen LogP contribution is 2.09. The average Bonchev–Trinajstić information content (AvgIpc) is 2.63. The van der Waals surface area contributed by atoms with E-state index in [-0.39, 0.29) is 5.69 Å². The second kappa shape index (κ2) is 2.70. The fraction of sp³-hybridized carbons (Fsp3) is 0. The Bertz CT molecular complexity index is 477. The molecule has 0 aliphatic carbocycles. The summed E-state index contributed by atoms with van der Waals surface area (Å²) in [7, 11) is 0. The topological polar surface area (TPSA) is 101 Å². The number of H-pyrrole nitrogens is 1. The van der Waals surface area contributed by atoms with Crippen molar-refractivity contribution in [3.05, 3.63) is 23.3 Å². The normalized spacial score (nSPS) is 10.2. The molecule has 0 radical (unpaired) electrons. The zero-order valence-corrected chi connectivity index (χ0v) is 6.26. The van der Waals surface area contributed by atoms with E-state index in [2.05, 4.69) is 25.1 Å². The van der Waals surface area contributed by atoms with Gasteiger partial charge in [0.1, 0.15) is 11.8 Å². The maximum absolute atomic E-state index is 10.9. The van der Waals surface area contributed by atoms with Crippen LogP contribution >= 0.6 is 0 Å². The number of imidazole rings is 1. The molecule has 0 aliphatic heterocycles. The summed E-state index contributed by atoms with van der Waals surface area (Å²) in [5.74, 6) is -0.934. The van der Waals surface area contributed by atoms with E-state index in [0.717, 1.165) is 6.33 Å². The van der Waals surface area contributed by atoms with Crippen molar-refractivity contribution in [2.75, 3.05) is 0 Å². The minimum absolute atomic E-state index is 0.0579. The molecular weight excluding hydrogens is 174 g/mol. The van der Waals surface area contributed by atoms with Crippen LogP contribution in [0, 0.1) is 4.91 Å². The van der Waals surface area contributed by atoms with E-state index in [4.69, 9.17) is 0 Å². The number of carbonyl (C=O) groups excluding carboxylic acids is 1. The third-order valence-electron chi connectivity index (χ3n) is 1.51. The standard InChI is InChI=1S/C6H3N5O2/c12-6(11-13)4-3-5(9-1-7-3)10-2-8-4/h1-2H,(H,7,8,9,10). The van der Waals surface area contributed by atoms with Crippen molar-refractivity contribution in [1.82, 2.24) is 19.9 Å². The molecule has 2 heterocycles. The first-order valence-electron chi connectivity index (χ1n) is 3.34. The fourth-order valence-corrected chi connectivity index (χ4v) is 0.970. The molecule has 1 amide bonds. The molecule has 0 fully saturated rings. The van der Waals surface area contributed by atoms with Gasteiger partial charge in [-0.05, 0) is 0 Å². The third kappa shape index (κ3) is 1.06. The first-order chi connectivity index (χ1) is 6.33. The van der Waals surface area contributed by atoms with Crippen LogP contribution in [-0.4, -0.2) is 25.8 Å². The first-order valence-corrected chi connectivity index (χ1v) is 3.34. The Balaban J connectivity index is 2.74. The number of amides is 1. The number of carbonyl (C=O) groups is 1. The summed E-state index contributed by atoms with van der Waals surface area (Å²) in [6.07, 6.45) is 2.52. The summed E-state index contributed by atoms with van der Waals surface area (Å²) in [5, 5.41) is 2.26. The molecule has 13 heavy (non-hydrogen) atoms. The number of nitrogens with zero attached hydrogens (tertiary/aromatic N) is 4. The summed E-state index contributed by atoms with van der Waals surface area (Å²) in [5.41, 5.74) is 0.603. The highest BCUT2D eigenvalue weighted by Gasteiger charge is 2.13. The minimum Gasteiger partial charge on any atom is -0.341 e. The van der Waals surface area contributed by atoms with Crippen LogP contribution < -0.4 is 0 Å². The first kappa shape index (κ1) is 7.47. The van der Waals surface area contributed by atoms with Crippen molar-refractivity contribution in [3.8, 4) is 0 Å². The number of hydrogen-bond donors (Lipinski definition) is 1. The zero-order chi connectivity index (χ0) is 9.26. The molecule has 0 aliphatic rings. The molecule has 0 saturated heterocycles. The van der Waals surface area contributed by atoms with E-state index in [1.165, 1.54) is 6.33 Å². The number of aromatic nitrogens is 4. The van der Waals surface area contributed by atoms with E-state index in [0.29, 0.717) is 11.2 Å². The molecule has 0 saturated carbocycles. The van der Waals surface area contributed by atoms with Crippen molar-refractivity contribution >= 4 is 17.1 Å². The van der Waals surface area contributed by atoms with Crippen molar-refractivity contribution in [2.45, 2.75) is 0 Å². The van der Waals surface area contributed by atoms with E-state index in [9.17, 15) is 9.70 Å². The quantitative estimate of drug-likeness (QED) is 0.629. The van der Waals surface area contributed by atoms with Gasteiger partial charge in [-0.2, -0.15) is 0 Å². The number of rotatable bonds is 1. The summed E-state index contributed by atoms with van der Waals surface area (Å²) in [6, 6.07) is 0. The van der Waals surface area contributed by atoms with Gasteiger partial charge in [0.15, 0.2) is 11.3 Å². The maximum atomic E-state index is 10.9. The van der Waals surface area contributed by atoms with E-state index in [1.807, 2.05) is 0 Å². The summed E-state index contributed by atoms with van der Waals surface area (Å²) in [6.45, 7) is 0. The second-order valence-corrected chi connectivity index (χ2v) is 2.22. The van der Waals surface area contributed by atoms with E-state index < -0.39 is 5.91 Å². The van der Waals surface area contributed by atoms with Gasteiger partial charge in [-0.1, -0.05) is 0 Å². The van der Waals surface area contributed by atoms with Gasteiger partial charge in [0.05, 0.1) is 6.33 Å². The molecule has 2 rings (SSSR count). The van der Waals surface area contributed by atoms with Gasteiger partial charge in [0, 0.05) is 5.18 Å². The Kier molecular flexibility index (Phi) is 1.55. The molecule has 2 aromatic heterocycles. The van der Waals surface area contributed by atoms with Crippen LogP contribution in [0.15, 0.2) is 17.8 Å². The predicted molar refractivity (Wildman–Crippen MR) is 41.8 cm³/mol. The van der Waals surface area contributed by atoms with Gasteiger partial charge >= 0.3 is 5.91 Å². The van der Waals surface area contributed by atoms with Crippen LogP contribution in [0.25, 0.3) is 11.2 Å². The Morgan fingerprint density at radius 2 is 2.23 bits per heavy atom. The van der Waals surface area contributed by atoms with Gasteiger partial charge in [0.25, 0.3) is 0 Å². The molecule has 0 unspecified atom stereocenters. The van der Waals surface area contributed by atoms with Gasteiger partial charge in [-0.15, -0.1) is 4.91 Å². The van der Waals surface area contributed by atoms with E-state index >= 15 is 0 Å². The molecular formula is C6H3N5O2. The lowest BCUT2D eigenvalue weighted by Gasteiger charge is -1.91. The van der Waals surface area contributed by atoms with Crippen LogP contribution in [-0.2, 0) is 0 Å². The van der Waals surface area contributed by atoms with Crippen LogP contribution in [0.3, 0.4) is 0 Å². The molecule has 0 aromatic carbocycles. The molecule has 0 atom stereocenters. The number of aromatic amines is 1. The highest BCUT2D eigenvalue weighted by molar-refractivity contribution is 6.02. The summed E-state index contributed by atoms with van der Waals surface area (Å²) >= 11 is 0. The number of hydrogen-bond acceptors (Lipinski definition) is 5. The highest BCUT2D eigenvalue weighted by atomic mass is 16.3. The lowest BCUT2D eigenvalue weighted by molar-refractivity contribution is 0.0997. The maximum Gasteiger partial charge on any atom is 0.337 e. The van der Waals surface area contributed by atoms with Gasteiger partial charge in [-0.25, -0.2) is 15.0 Å². The average molecular weight is 177 g/mol. The van der Waals surface area contributed by atoms with Crippen molar-refractivity contribution in [2.24, 2.45) is 5.18 Å². The lowest BCUT2D eigenvalue weighted by atomic mass is 10.3. The Labute approximate surface area is 71.2 Å². The number of nitroso groups, excluding NO2 is 1. The van der Waals surface area contributed by atoms with E-state index in [1.54, 1.807) is 0 Å². The molecule has 1 N–H and O–H groups in total. The third-order valence-corrected chi connectivity index (χ3v) is 1.51. The largest absolute Gasteiger partial charge is 0.341 e. The number of fused-ring (bicyclic) bond motifs is 1. The molecule has 2 aromatic rings. The monoisotopic (exact) mass is 177 g/mol. The SMILES string of the molecule is O=NC(=O)c1ncnc2nc[nH]c12. The number of nitrogens with one attached hydrogen (secondary N) is 1. The molecule has 64 valence electrons. The van der Waals surface area contributed by atoms with Gasteiger partial charge in [0.2, 0.25) is 0 Å². The van der Waals surface area contributed by atoms with Crippen LogP contribution in [0.2, 0.25) is 0 Å². The summed E-state index contributed by atoms with van der Waals surface area (Å²) in [4.78, 5) is 34.7. The predicted octanol–water partition coefficient (Wildman–Crippen LogP) is 0.259. The van der Waals surface area contributed by atoms with Crippen molar-refractivity contribution < 1.29 is 4.79 Å². The molecule has 7 heteroatoms. The molecule has 7 nitrogen and oxygen atoms in total. The van der Waals surface area contributed by atoms with Crippen LogP contribution in [0.5, 0.6) is 0 Å². The lowest BCUT2D eigenvalue weighted by Crippen LogP contribution is -1.99. The second-order valence-electron chi connectivity index (χ2n) is 2.22. The Morgan fingerprint density at radius 3 is 3.00 bits per heavy atom. The van der Waals surface area contributed by atoms with Crippen LogP contribution in [0.4, 0.5) is 0 Å². The summed E-state index contributed by atoms with van der Waals surface area (Å²) < 4.78 is 0. The smallest absolute Gasteiger partial charge is 0.337 e. The Morgan fingerprint density at radius 1 is 1.38 bits per heavy atom. The molecule has 0 bridgehead atoms. The fourth-order valence-electron chi connectivity index (χ4n) is 0.970. The van der Waals surface area contributed by atoms with Crippen molar-refractivity contribution in [1.29, 1.82) is 0 Å². The minimum atomic E-state index is -0.934. The molecule has 0 spiro atoms. The van der Waals surface area contributed by atoms with Gasteiger partial charge in [-0.3, -0.25) is 4.79 Å². The Hall–Kier alpha value is -2.18. The van der Waals surface area contributed by atoms with Crippen LogP contribution in [0.1, 0.15) is 10.5 Å². The van der Waals surface area contributed by atoms with Crippen molar-refractivity contribution in [3.63, 3.8) is 0 Å².